The Morgan fingerprint density at radius 2 is 1.93 bits per heavy atom. The molecule has 1 heterocycles. The van der Waals surface area contributed by atoms with E-state index in [-0.39, 0.29) is 11.9 Å². The third-order valence-electron chi connectivity index (χ3n) is 2.70. The fourth-order valence-corrected chi connectivity index (χ4v) is 1.66. The van der Waals surface area contributed by atoms with E-state index in [1.54, 1.807) is 12.1 Å². The Balaban J connectivity index is 1.95. The van der Waals surface area contributed by atoms with E-state index in [4.69, 9.17) is 5.73 Å². The molecule has 0 spiro atoms. The first-order valence-electron chi connectivity index (χ1n) is 4.99. The Morgan fingerprint density at radius 3 is 2.43 bits per heavy atom. The normalized spacial score (nSPS) is 19.0. The lowest BCUT2D eigenvalue weighted by molar-refractivity contribution is 0.170. The van der Waals surface area contributed by atoms with Crippen molar-refractivity contribution in [2.45, 2.75) is 12.5 Å². The summed E-state index contributed by atoms with van der Waals surface area (Å²) < 4.78 is 12.6. The maximum Gasteiger partial charge on any atom is 0.123 e. The summed E-state index contributed by atoms with van der Waals surface area (Å²) >= 11 is 0. The average molecular weight is 194 g/mol. The standard InChI is InChI=1S/C11H15FN2/c12-10-4-2-9(3-5-10)11(13)8-14-6-1-7-14/h2-5,11H,1,6-8,13H2/t11-/m1/s1. The molecule has 1 aliphatic rings. The summed E-state index contributed by atoms with van der Waals surface area (Å²) in [5.41, 5.74) is 7.00. The molecular weight excluding hydrogens is 179 g/mol. The van der Waals surface area contributed by atoms with Crippen molar-refractivity contribution in [3.05, 3.63) is 35.6 Å². The van der Waals surface area contributed by atoms with E-state index in [0.717, 1.165) is 25.2 Å². The van der Waals surface area contributed by atoms with E-state index >= 15 is 0 Å². The van der Waals surface area contributed by atoms with E-state index in [1.807, 2.05) is 0 Å². The number of likely N-dealkylation sites (tertiary alicyclic amines) is 1. The lowest BCUT2D eigenvalue weighted by Gasteiger charge is -2.33. The van der Waals surface area contributed by atoms with Crippen LogP contribution < -0.4 is 5.73 Å². The predicted molar refractivity (Wildman–Crippen MR) is 54.4 cm³/mol. The van der Waals surface area contributed by atoms with Gasteiger partial charge in [0.25, 0.3) is 0 Å². The first-order chi connectivity index (χ1) is 6.75. The summed E-state index contributed by atoms with van der Waals surface area (Å²) in [7, 11) is 0. The van der Waals surface area contributed by atoms with Crippen molar-refractivity contribution in [1.29, 1.82) is 0 Å². The Hall–Kier alpha value is -0.930. The van der Waals surface area contributed by atoms with E-state index < -0.39 is 0 Å². The van der Waals surface area contributed by atoms with Gasteiger partial charge < -0.3 is 10.6 Å². The highest BCUT2D eigenvalue weighted by atomic mass is 19.1. The van der Waals surface area contributed by atoms with Crippen LogP contribution in [0.3, 0.4) is 0 Å². The van der Waals surface area contributed by atoms with Crippen molar-refractivity contribution in [3.8, 4) is 0 Å². The number of hydrogen-bond donors (Lipinski definition) is 1. The lowest BCUT2D eigenvalue weighted by atomic mass is 10.1. The number of halogens is 1. The van der Waals surface area contributed by atoms with Gasteiger partial charge in [-0.15, -0.1) is 0 Å². The third kappa shape index (κ3) is 2.11. The first kappa shape index (κ1) is 9.62. The van der Waals surface area contributed by atoms with Gasteiger partial charge in [0, 0.05) is 12.6 Å². The Kier molecular flexibility index (Phi) is 2.79. The van der Waals surface area contributed by atoms with E-state index in [9.17, 15) is 4.39 Å². The molecule has 0 saturated carbocycles. The van der Waals surface area contributed by atoms with Crippen LogP contribution in [-0.4, -0.2) is 24.5 Å². The molecule has 3 heteroatoms. The van der Waals surface area contributed by atoms with Crippen molar-refractivity contribution in [2.75, 3.05) is 19.6 Å². The van der Waals surface area contributed by atoms with Crippen molar-refractivity contribution >= 4 is 0 Å². The molecule has 1 fully saturated rings. The second-order valence-corrected chi connectivity index (χ2v) is 3.81. The largest absolute Gasteiger partial charge is 0.323 e. The van der Waals surface area contributed by atoms with Crippen LogP contribution in [0, 0.1) is 5.82 Å². The highest BCUT2D eigenvalue weighted by Gasteiger charge is 2.17. The van der Waals surface area contributed by atoms with E-state index in [1.165, 1.54) is 18.6 Å². The molecular formula is C11H15FN2. The number of nitrogens with zero attached hydrogens (tertiary/aromatic N) is 1. The predicted octanol–water partition coefficient (Wildman–Crippen LogP) is 1.53. The van der Waals surface area contributed by atoms with Crippen LogP contribution in [0.5, 0.6) is 0 Å². The number of rotatable bonds is 3. The van der Waals surface area contributed by atoms with Gasteiger partial charge in [-0.3, -0.25) is 0 Å². The molecule has 0 aromatic heterocycles. The van der Waals surface area contributed by atoms with Gasteiger partial charge in [0.05, 0.1) is 0 Å². The second-order valence-electron chi connectivity index (χ2n) is 3.81. The van der Waals surface area contributed by atoms with Crippen LogP contribution in [0.4, 0.5) is 4.39 Å². The number of benzene rings is 1. The number of nitrogens with two attached hydrogens (primary N) is 1. The van der Waals surface area contributed by atoms with Gasteiger partial charge >= 0.3 is 0 Å². The molecule has 0 bridgehead atoms. The van der Waals surface area contributed by atoms with Crippen LogP contribution in [0.25, 0.3) is 0 Å². The zero-order chi connectivity index (χ0) is 9.97. The molecule has 1 aliphatic heterocycles. The molecule has 0 unspecified atom stereocenters. The fraction of sp³-hybridized carbons (Fsp3) is 0.455. The first-order valence-corrected chi connectivity index (χ1v) is 4.99. The summed E-state index contributed by atoms with van der Waals surface area (Å²) in [6.07, 6.45) is 1.27. The van der Waals surface area contributed by atoms with Crippen LogP contribution >= 0.6 is 0 Å². The quantitative estimate of drug-likeness (QED) is 0.790. The van der Waals surface area contributed by atoms with Crippen molar-refractivity contribution < 1.29 is 4.39 Å². The van der Waals surface area contributed by atoms with E-state index in [2.05, 4.69) is 4.90 Å². The van der Waals surface area contributed by atoms with Crippen molar-refractivity contribution in [2.24, 2.45) is 5.73 Å². The highest BCUT2D eigenvalue weighted by molar-refractivity contribution is 5.19. The van der Waals surface area contributed by atoms with Crippen LogP contribution in [0.15, 0.2) is 24.3 Å². The fourth-order valence-electron chi connectivity index (χ4n) is 1.66. The molecule has 1 aromatic carbocycles. The van der Waals surface area contributed by atoms with Crippen LogP contribution in [-0.2, 0) is 0 Å². The third-order valence-corrected chi connectivity index (χ3v) is 2.70. The zero-order valence-corrected chi connectivity index (χ0v) is 8.12. The van der Waals surface area contributed by atoms with Crippen molar-refractivity contribution in [1.82, 2.24) is 4.90 Å². The summed E-state index contributed by atoms with van der Waals surface area (Å²) in [5, 5.41) is 0. The molecule has 14 heavy (non-hydrogen) atoms. The summed E-state index contributed by atoms with van der Waals surface area (Å²) in [6, 6.07) is 6.46. The summed E-state index contributed by atoms with van der Waals surface area (Å²) in [6.45, 7) is 3.18. The zero-order valence-electron chi connectivity index (χ0n) is 8.12. The Morgan fingerprint density at radius 1 is 1.29 bits per heavy atom. The van der Waals surface area contributed by atoms with Gasteiger partial charge in [-0.1, -0.05) is 12.1 Å². The monoisotopic (exact) mass is 194 g/mol. The van der Waals surface area contributed by atoms with Crippen LogP contribution in [0.2, 0.25) is 0 Å². The molecule has 0 radical (unpaired) electrons. The average Bonchev–Trinajstić information content (AvgIpc) is 2.12. The maximum absolute atomic E-state index is 12.6. The molecule has 1 atom stereocenters. The van der Waals surface area contributed by atoms with Gasteiger partial charge in [-0.05, 0) is 37.2 Å². The second kappa shape index (κ2) is 4.07. The molecule has 76 valence electrons. The maximum atomic E-state index is 12.6. The van der Waals surface area contributed by atoms with Gasteiger partial charge in [0.15, 0.2) is 0 Å². The smallest absolute Gasteiger partial charge is 0.123 e. The molecule has 2 N–H and O–H groups in total. The molecule has 0 aliphatic carbocycles. The molecule has 1 saturated heterocycles. The minimum atomic E-state index is -0.204. The molecule has 1 aromatic rings. The lowest BCUT2D eigenvalue weighted by Crippen LogP contribution is -2.41. The Bertz CT molecular complexity index is 293. The van der Waals surface area contributed by atoms with Gasteiger partial charge in [-0.25, -0.2) is 4.39 Å². The van der Waals surface area contributed by atoms with Gasteiger partial charge in [0.2, 0.25) is 0 Å². The molecule has 2 rings (SSSR count). The van der Waals surface area contributed by atoms with Crippen LogP contribution in [0.1, 0.15) is 18.0 Å². The summed E-state index contributed by atoms with van der Waals surface area (Å²) in [5.74, 6) is -0.204. The number of hydrogen-bond acceptors (Lipinski definition) is 2. The minimum Gasteiger partial charge on any atom is -0.323 e. The summed E-state index contributed by atoms with van der Waals surface area (Å²) in [4.78, 5) is 2.31. The SMILES string of the molecule is N[C@H](CN1CCC1)c1ccc(F)cc1. The Labute approximate surface area is 83.5 Å². The van der Waals surface area contributed by atoms with E-state index in [0.29, 0.717) is 0 Å². The minimum absolute atomic E-state index is 0.0101. The van der Waals surface area contributed by atoms with Gasteiger partial charge in [-0.2, -0.15) is 0 Å². The topological polar surface area (TPSA) is 29.3 Å². The molecule has 2 nitrogen and oxygen atoms in total. The highest BCUT2D eigenvalue weighted by Crippen LogP contribution is 2.15. The molecule has 0 amide bonds. The van der Waals surface area contributed by atoms with Crippen molar-refractivity contribution in [3.63, 3.8) is 0 Å². The van der Waals surface area contributed by atoms with Gasteiger partial charge in [0.1, 0.15) is 5.82 Å².